The van der Waals surface area contributed by atoms with Crippen molar-refractivity contribution in [3.63, 3.8) is 0 Å². The monoisotopic (exact) mass is 312 g/mol. The fraction of sp³-hybridized carbons (Fsp3) is 0.353. The second-order valence-corrected chi connectivity index (χ2v) is 5.78. The summed E-state index contributed by atoms with van der Waals surface area (Å²) >= 11 is 0. The van der Waals surface area contributed by atoms with Crippen LogP contribution in [0.15, 0.2) is 41.3 Å². The van der Waals surface area contributed by atoms with E-state index in [1.54, 1.807) is 12.1 Å². The van der Waals surface area contributed by atoms with Gasteiger partial charge in [-0.15, -0.1) is 0 Å². The molecule has 0 saturated carbocycles. The fourth-order valence-corrected chi connectivity index (χ4v) is 2.82. The maximum Gasteiger partial charge on any atom is 0.260 e. The number of piperidine rings is 1. The van der Waals surface area contributed by atoms with Gasteiger partial charge in [0.1, 0.15) is 11.4 Å². The first-order valence-corrected chi connectivity index (χ1v) is 7.80. The Bertz CT molecular complexity index is 748. The molecule has 6 heteroatoms. The number of pyridine rings is 2. The van der Waals surface area contributed by atoms with Crippen LogP contribution in [-0.2, 0) is 0 Å². The predicted molar refractivity (Wildman–Crippen MR) is 88.7 cm³/mol. The van der Waals surface area contributed by atoms with Gasteiger partial charge in [-0.2, -0.15) is 0 Å². The third-order valence-electron chi connectivity index (χ3n) is 4.09. The maximum absolute atomic E-state index is 12.2. The minimum Gasteiger partial charge on any atom is -0.356 e. The topological polar surface area (TPSA) is 78.1 Å². The van der Waals surface area contributed by atoms with Crippen molar-refractivity contribution in [1.82, 2.24) is 15.3 Å². The Kier molecular flexibility index (Phi) is 4.41. The second-order valence-electron chi connectivity index (χ2n) is 5.78. The number of hydrogen-bond acceptors (Lipinski definition) is 4. The minimum absolute atomic E-state index is 0.0863. The van der Waals surface area contributed by atoms with E-state index in [4.69, 9.17) is 0 Å². The molecule has 1 amide bonds. The number of anilines is 1. The number of aryl methyl sites for hydroxylation is 1. The molecule has 3 rings (SSSR count). The Morgan fingerprint density at radius 1 is 1.26 bits per heavy atom. The molecule has 23 heavy (non-hydrogen) atoms. The van der Waals surface area contributed by atoms with E-state index >= 15 is 0 Å². The first kappa shape index (κ1) is 15.3. The van der Waals surface area contributed by atoms with Crippen LogP contribution in [0.3, 0.4) is 0 Å². The molecule has 0 bridgehead atoms. The number of carbonyl (C=O) groups is 1. The minimum atomic E-state index is -0.355. The lowest BCUT2D eigenvalue weighted by atomic mass is 10.0. The Balaban J connectivity index is 1.58. The Morgan fingerprint density at radius 2 is 2.04 bits per heavy atom. The molecular weight excluding hydrogens is 292 g/mol. The average Bonchev–Trinajstić information content (AvgIpc) is 2.56. The average molecular weight is 312 g/mol. The molecule has 120 valence electrons. The lowest BCUT2D eigenvalue weighted by molar-refractivity contribution is 0.0929. The van der Waals surface area contributed by atoms with Crippen molar-refractivity contribution >= 4 is 11.7 Å². The van der Waals surface area contributed by atoms with Crippen LogP contribution < -0.4 is 15.8 Å². The van der Waals surface area contributed by atoms with E-state index in [2.05, 4.69) is 20.2 Å². The number of aromatic nitrogens is 2. The third-order valence-corrected chi connectivity index (χ3v) is 4.09. The lowest BCUT2D eigenvalue weighted by Gasteiger charge is -2.33. The summed E-state index contributed by atoms with van der Waals surface area (Å²) < 4.78 is 0. The van der Waals surface area contributed by atoms with Crippen LogP contribution in [0, 0.1) is 6.92 Å². The smallest absolute Gasteiger partial charge is 0.260 e. The quantitative estimate of drug-likeness (QED) is 0.900. The molecule has 0 radical (unpaired) electrons. The first-order chi connectivity index (χ1) is 11.1. The van der Waals surface area contributed by atoms with Gasteiger partial charge in [-0.05, 0) is 44.0 Å². The summed E-state index contributed by atoms with van der Waals surface area (Å²) in [6.45, 7) is 3.66. The van der Waals surface area contributed by atoms with Crippen molar-refractivity contribution in [2.45, 2.75) is 25.8 Å². The number of nitrogens with one attached hydrogen (secondary N) is 2. The zero-order valence-electron chi connectivity index (χ0n) is 13.1. The number of amides is 1. The van der Waals surface area contributed by atoms with Gasteiger partial charge in [0.2, 0.25) is 0 Å². The molecule has 0 unspecified atom stereocenters. The molecule has 0 atom stereocenters. The van der Waals surface area contributed by atoms with E-state index in [9.17, 15) is 9.59 Å². The van der Waals surface area contributed by atoms with Crippen molar-refractivity contribution in [3.8, 4) is 0 Å². The molecule has 1 saturated heterocycles. The molecule has 0 aliphatic carbocycles. The van der Waals surface area contributed by atoms with E-state index in [1.807, 2.05) is 25.1 Å². The van der Waals surface area contributed by atoms with E-state index in [1.165, 1.54) is 6.20 Å². The summed E-state index contributed by atoms with van der Waals surface area (Å²) in [6.07, 6.45) is 3.20. The summed E-state index contributed by atoms with van der Waals surface area (Å²) in [5, 5.41) is 2.95. The number of hydrogen-bond donors (Lipinski definition) is 2. The van der Waals surface area contributed by atoms with Crippen LogP contribution in [-0.4, -0.2) is 35.0 Å². The molecule has 2 aromatic heterocycles. The molecule has 1 aliphatic heterocycles. The summed E-state index contributed by atoms with van der Waals surface area (Å²) in [5.41, 5.74) is 0.808. The van der Waals surface area contributed by atoms with Crippen LogP contribution in [0.5, 0.6) is 0 Å². The van der Waals surface area contributed by atoms with Crippen molar-refractivity contribution < 1.29 is 4.79 Å². The number of nitrogens with zero attached hydrogens (tertiary/aromatic N) is 2. The van der Waals surface area contributed by atoms with Gasteiger partial charge in [-0.25, -0.2) is 4.98 Å². The van der Waals surface area contributed by atoms with Crippen LogP contribution in [0.4, 0.5) is 5.82 Å². The van der Waals surface area contributed by atoms with Gasteiger partial charge in [0, 0.05) is 31.0 Å². The zero-order valence-corrected chi connectivity index (χ0v) is 13.1. The SMILES string of the molecule is Cc1cccc(N2CCC(NC(=O)c3ccc[nH]c3=O)CC2)n1. The molecular formula is C17H20N4O2. The Morgan fingerprint density at radius 3 is 2.74 bits per heavy atom. The molecule has 2 N–H and O–H groups in total. The number of aromatic amines is 1. The molecule has 1 aliphatic rings. The lowest BCUT2D eigenvalue weighted by Crippen LogP contribution is -2.45. The molecule has 0 spiro atoms. The highest BCUT2D eigenvalue weighted by molar-refractivity contribution is 5.93. The van der Waals surface area contributed by atoms with Gasteiger partial charge in [-0.3, -0.25) is 9.59 Å². The molecule has 6 nitrogen and oxygen atoms in total. The van der Waals surface area contributed by atoms with Crippen LogP contribution in [0.1, 0.15) is 28.9 Å². The number of rotatable bonds is 3. The fourth-order valence-electron chi connectivity index (χ4n) is 2.82. The maximum atomic E-state index is 12.2. The van der Waals surface area contributed by atoms with Crippen molar-refractivity contribution in [3.05, 3.63) is 58.1 Å². The van der Waals surface area contributed by atoms with Gasteiger partial charge in [-0.1, -0.05) is 6.07 Å². The van der Waals surface area contributed by atoms with Gasteiger partial charge in [0.05, 0.1) is 0 Å². The van der Waals surface area contributed by atoms with Gasteiger partial charge >= 0.3 is 0 Å². The van der Waals surface area contributed by atoms with Crippen LogP contribution in [0.2, 0.25) is 0 Å². The van der Waals surface area contributed by atoms with Crippen molar-refractivity contribution in [1.29, 1.82) is 0 Å². The summed E-state index contributed by atoms with van der Waals surface area (Å²) in [5.74, 6) is 0.674. The number of carbonyl (C=O) groups excluding carboxylic acids is 1. The Labute approximate surface area is 134 Å². The highest BCUT2D eigenvalue weighted by Crippen LogP contribution is 2.18. The number of H-pyrrole nitrogens is 1. The predicted octanol–water partition coefficient (Wildman–Crippen LogP) is 1.48. The highest BCUT2D eigenvalue weighted by Gasteiger charge is 2.22. The highest BCUT2D eigenvalue weighted by atomic mass is 16.2. The molecule has 3 heterocycles. The molecule has 1 fully saturated rings. The van der Waals surface area contributed by atoms with Crippen molar-refractivity contribution in [2.24, 2.45) is 0 Å². The van der Waals surface area contributed by atoms with Crippen LogP contribution in [0.25, 0.3) is 0 Å². The third kappa shape index (κ3) is 3.59. The Hall–Kier alpha value is -2.63. The zero-order chi connectivity index (χ0) is 16.2. The van der Waals surface area contributed by atoms with Gasteiger partial charge in [0.25, 0.3) is 11.5 Å². The summed E-state index contributed by atoms with van der Waals surface area (Å²) in [7, 11) is 0. The van der Waals surface area contributed by atoms with Gasteiger partial charge in [0.15, 0.2) is 0 Å². The van der Waals surface area contributed by atoms with Gasteiger partial charge < -0.3 is 15.2 Å². The second kappa shape index (κ2) is 6.64. The van der Waals surface area contributed by atoms with E-state index in [-0.39, 0.29) is 23.1 Å². The largest absolute Gasteiger partial charge is 0.356 e. The van der Waals surface area contributed by atoms with E-state index in [0.717, 1.165) is 37.4 Å². The summed E-state index contributed by atoms with van der Waals surface area (Å²) in [4.78, 5) is 33.1. The van der Waals surface area contributed by atoms with Crippen molar-refractivity contribution in [2.75, 3.05) is 18.0 Å². The summed E-state index contributed by atoms with van der Waals surface area (Å²) in [6, 6.07) is 9.28. The van der Waals surface area contributed by atoms with Crippen LogP contribution >= 0.6 is 0 Å². The standard InChI is InChI=1S/C17H20N4O2/c1-12-4-2-6-15(19-12)21-10-7-13(8-11-21)20-17(23)14-5-3-9-18-16(14)22/h2-6,9,13H,7-8,10-11H2,1H3,(H,18,22)(H,20,23). The van der Waals surface area contributed by atoms with E-state index < -0.39 is 0 Å². The normalized spacial score (nSPS) is 15.4. The van der Waals surface area contributed by atoms with E-state index in [0.29, 0.717) is 0 Å². The molecule has 0 aromatic carbocycles. The molecule has 2 aromatic rings. The first-order valence-electron chi connectivity index (χ1n) is 7.80.